The summed E-state index contributed by atoms with van der Waals surface area (Å²) in [5, 5.41) is 0. The van der Waals surface area contributed by atoms with E-state index in [4.69, 9.17) is 5.73 Å². The van der Waals surface area contributed by atoms with Crippen LogP contribution in [0.2, 0.25) is 0 Å². The van der Waals surface area contributed by atoms with Gasteiger partial charge in [0.15, 0.2) is 0 Å². The SMILES string of the molecule is Nc1ccc(CCc2ccc(N3C4CC[C@@H]5C[C@@H]6CCC3[C@@H]6[C@H]45)cc2)cc1. The van der Waals surface area contributed by atoms with Crippen molar-refractivity contribution in [2.24, 2.45) is 23.7 Å². The van der Waals surface area contributed by atoms with Crippen molar-refractivity contribution >= 4 is 11.4 Å². The van der Waals surface area contributed by atoms with Gasteiger partial charge in [-0.15, -0.1) is 0 Å². The van der Waals surface area contributed by atoms with Gasteiger partial charge >= 0.3 is 0 Å². The van der Waals surface area contributed by atoms with Gasteiger partial charge in [-0.3, -0.25) is 0 Å². The maximum absolute atomic E-state index is 5.79. The van der Waals surface area contributed by atoms with Gasteiger partial charge in [0.25, 0.3) is 0 Å². The molecule has 2 unspecified atom stereocenters. The molecule has 1 heterocycles. The molecule has 0 spiro atoms. The molecule has 0 amide bonds. The Bertz CT molecular complexity index is 800. The summed E-state index contributed by atoms with van der Waals surface area (Å²) in [7, 11) is 0. The topological polar surface area (TPSA) is 29.3 Å². The van der Waals surface area contributed by atoms with Crippen LogP contribution in [0.4, 0.5) is 11.4 Å². The Kier molecular flexibility index (Phi) is 3.58. The van der Waals surface area contributed by atoms with Crippen molar-refractivity contribution in [2.75, 3.05) is 10.6 Å². The molecule has 2 aromatic rings. The number of hydrogen-bond acceptors (Lipinski definition) is 2. The molecule has 2 aromatic carbocycles. The summed E-state index contributed by atoms with van der Waals surface area (Å²) >= 11 is 0. The van der Waals surface area contributed by atoms with E-state index in [2.05, 4.69) is 41.3 Å². The first-order valence-corrected chi connectivity index (χ1v) is 11.0. The molecule has 3 saturated carbocycles. The molecule has 0 radical (unpaired) electrons. The number of hydrogen-bond donors (Lipinski definition) is 1. The van der Waals surface area contributed by atoms with Crippen molar-refractivity contribution < 1.29 is 0 Å². The second kappa shape index (κ2) is 6.02. The number of nitrogen functional groups attached to an aromatic ring is 1. The van der Waals surface area contributed by atoms with Crippen LogP contribution >= 0.6 is 0 Å². The van der Waals surface area contributed by atoms with Crippen molar-refractivity contribution in [3.63, 3.8) is 0 Å². The standard InChI is InChI=1S/C25H30N2/c26-20-9-3-16(4-10-20)1-2-17-5-11-21(12-6-17)27-22-13-7-18-15-19-8-14-23(27)25(19)24(18)22/h3-6,9-12,18-19,22-25H,1-2,7-8,13-15,26H2/t18-,19+,22?,23?,24+,25-. The lowest BCUT2D eigenvalue weighted by molar-refractivity contribution is 0.369. The van der Waals surface area contributed by atoms with Crippen LogP contribution in [0.15, 0.2) is 48.5 Å². The monoisotopic (exact) mass is 358 g/mol. The number of benzene rings is 2. The number of nitrogens with two attached hydrogens (primary N) is 1. The largest absolute Gasteiger partial charge is 0.399 e. The minimum atomic E-state index is 0.843. The molecule has 2 N–H and O–H groups in total. The van der Waals surface area contributed by atoms with Crippen LogP contribution in [-0.4, -0.2) is 12.1 Å². The lowest BCUT2D eigenvalue weighted by atomic mass is 9.90. The van der Waals surface area contributed by atoms with Gasteiger partial charge in [0, 0.05) is 23.5 Å². The molecule has 4 fully saturated rings. The lowest BCUT2D eigenvalue weighted by Crippen LogP contribution is -2.36. The predicted octanol–water partition coefficient (Wildman–Crippen LogP) is 5.07. The van der Waals surface area contributed by atoms with E-state index in [9.17, 15) is 0 Å². The Morgan fingerprint density at radius 2 is 1.22 bits per heavy atom. The Balaban J connectivity index is 1.19. The normalized spacial score (nSPS) is 35.8. The first-order valence-electron chi connectivity index (χ1n) is 11.0. The third-order valence-corrected chi connectivity index (χ3v) is 8.32. The van der Waals surface area contributed by atoms with Crippen molar-refractivity contribution in [3.05, 3.63) is 59.7 Å². The minimum Gasteiger partial charge on any atom is -0.399 e. The van der Waals surface area contributed by atoms with Gasteiger partial charge in [0.2, 0.25) is 0 Å². The molecule has 2 heteroatoms. The highest BCUT2D eigenvalue weighted by Gasteiger charge is 2.62. The Hall–Kier alpha value is -1.96. The smallest absolute Gasteiger partial charge is 0.0371 e. The highest BCUT2D eigenvalue weighted by atomic mass is 15.2. The summed E-state index contributed by atoms with van der Waals surface area (Å²) in [6.45, 7) is 0. The maximum Gasteiger partial charge on any atom is 0.0371 e. The fourth-order valence-electron chi connectivity index (χ4n) is 7.33. The van der Waals surface area contributed by atoms with E-state index in [0.29, 0.717) is 0 Å². The van der Waals surface area contributed by atoms with Crippen LogP contribution in [0.3, 0.4) is 0 Å². The zero-order valence-corrected chi connectivity index (χ0v) is 16.1. The van der Waals surface area contributed by atoms with Gasteiger partial charge in [-0.05, 0) is 104 Å². The summed E-state index contributed by atoms with van der Waals surface area (Å²) in [5.74, 6) is 4.15. The van der Waals surface area contributed by atoms with E-state index in [-0.39, 0.29) is 0 Å². The molecule has 0 aromatic heterocycles. The second-order valence-corrected chi connectivity index (χ2v) is 9.52. The van der Waals surface area contributed by atoms with Gasteiger partial charge in [-0.1, -0.05) is 24.3 Å². The van der Waals surface area contributed by atoms with Crippen LogP contribution in [0.25, 0.3) is 0 Å². The first-order chi connectivity index (χ1) is 13.3. The number of anilines is 2. The summed E-state index contributed by atoms with van der Waals surface area (Å²) in [5.41, 5.74) is 11.0. The van der Waals surface area contributed by atoms with Crippen molar-refractivity contribution in [3.8, 4) is 0 Å². The molecule has 1 aliphatic heterocycles. The van der Waals surface area contributed by atoms with Gasteiger partial charge in [-0.25, -0.2) is 0 Å². The molecule has 4 aliphatic rings. The van der Waals surface area contributed by atoms with E-state index in [0.717, 1.165) is 54.3 Å². The summed E-state index contributed by atoms with van der Waals surface area (Å²) in [6.07, 6.45) is 9.60. The number of nitrogens with zero attached hydrogens (tertiary/aromatic N) is 1. The Labute approximate surface area is 162 Å². The first kappa shape index (κ1) is 16.0. The van der Waals surface area contributed by atoms with E-state index in [1.807, 2.05) is 12.1 Å². The number of rotatable bonds is 4. The van der Waals surface area contributed by atoms with Gasteiger partial charge in [-0.2, -0.15) is 0 Å². The Morgan fingerprint density at radius 1 is 0.704 bits per heavy atom. The molecule has 6 rings (SSSR count). The van der Waals surface area contributed by atoms with E-state index >= 15 is 0 Å². The fraction of sp³-hybridized carbons (Fsp3) is 0.520. The van der Waals surface area contributed by atoms with E-state index in [1.165, 1.54) is 42.5 Å². The molecule has 3 aliphatic carbocycles. The summed E-state index contributed by atoms with van der Waals surface area (Å²) in [4.78, 5) is 2.87. The highest BCUT2D eigenvalue weighted by molar-refractivity contribution is 5.53. The summed E-state index contributed by atoms with van der Waals surface area (Å²) in [6, 6.07) is 19.6. The summed E-state index contributed by atoms with van der Waals surface area (Å²) < 4.78 is 0. The van der Waals surface area contributed by atoms with Gasteiger partial charge < -0.3 is 10.6 Å². The van der Waals surface area contributed by atoms with Gasteiger partial charge in [0.1, 0.15) is 0 Å². The van der Waals surface area contributed by atoms with Gasteiger partial charge in [0.05, 0.1) is 0 Å². The Morgan fingerprint density at radius 3 is 1.78 bits per heavy atom. The van der Waals surface area contributed by atoms with E-state index < -0.39 is 0 Å². The molecular weight excluding hydrogens is 328 g/mol. The fourth-order valence-corrected chi connectivity index (χ4v) is 7.33. The predicted molar refractivity (Wildman–Crippen MR) is 112 cm³/mol. The second-order valence-electron chi connectivity index (χ2n) is 9.52. The molecule has 2 nitrogen and oxygen atoms in total. The minimum absolute atomic E-state index is 0.843. The zero-order valence-electron chi connectivity index (χ0n) is 16.1. The van der Waals surface area contributed by atoms with Crippen LogP contribution in [-0.2, 0) is 12.8 Å². The molecule has 0 bridgehead atoms. The van der Waals surface area contributed by atoms with Crippen LogP contribution in [0.5, 0.6) is 0 Å². The zero-order chi connectivity index (χ0) is 18.0. The molecule has 27 heavy (non-hydrogen) atoms. The van der Waals surface area contributed by atoms with Crippen molar-refractivity contribution in [2.45, 2.75) is 57.0 Å². The van der Waals surface area contributed by atoms with Crippen LogP contribution in [0, 0.1) is 23.7 Å². The number of aryl methyl sites for hydroxylation is 2. The third-order valence-electron chi connectivity index (χ3n) is 8.32. The lowest BCUT2D eigenvalue weighted by Gasteiger charge is -2.32. The average Bonchev–Trinajstić information content (AvgIpc) is 3.42. The highest BCUT2D eigenvalue weighted by Crippen LogP contribution is 2.64. The average molecular weight is 359 g/mol. The molecule has 1 saturated heterocycles. The molecule has 6 atom stereocenters. The van der Waals surface area contributed by atoms with Crippen molar-refractivity contribution in [1.82, 2.24) is 0 Å². The molecule has 140 valence electrons. The molecular formula is C25H30N2. The van der Waals surface area contributed by atoms with Crippen molar-refractivity contribution in [1.29, 1.82) is 0 Å². The van der Waals surface area contributed by atoms with Crippen LogP contribution < -0.4 is 10.6 Å². The van der Waals surface area contributed by atoms with Crippen LogP contribution in [0.1, 0.15) is 43.2 Å². The quantitative estimate of drug-likeness (QED) is 0.774. The van der Waals surface area contributed by atoms with E-state index in [1.54, 1.807) is 6.42 Å². The maximum atomic E-state index is 5.79. The third kappa shape index (κ3) is 2.45.